The van der Waals surface area contributed by atoms with Crippen LogP contribution in [0.1, 0.15) is 49.1 Å². The lowest BCUT2D eigenvalue weighted by Crippen LogP contribution is -2.46. The van der Waals surface area contributed by atoms with E-state index < -0.39 is 0 Å². The van der Waals surface area contributed by atoms with Crippen LogP contribution < -0.4 is 20.4 Å². The molecule has 4 aliphatic heterocycles. The molecule has 2 atom stereocenters. The van der Waals surface area contributed by atoms with Gasteiger partial charge in [0.05, 0.1) is 46.2 Å². The second-order valence-corrected chi connectivity index (χ2v) is 14.7. The fraction of sp³-hybridized carbons (Fsp3) is 0.324. The molecule has 53 heavy (non-hydrogen) atoms. The van der Waals surface area contributed by atoms with Gasteiger partial charge in [0.2, 0.25) is 22.9 Å². The number of pyridine rings is 2. The van der Waals surface area contributed by atoms with Crippen LogP contribution in [0.4, 0.5) is 16.6 Å². The highest BCUT2D eigenvalue weighted by atomic mass is 32.1. The molecule has 16 heteroatoms. The number of aromatic nitrogens is 6. The largest absolute Gasteiger partial charge is 0.387 e. The summed E-state index contributed by atoms with van der Waals surface area (Å²) in [7, 11) is 1.86. The molecule has 0 spiro atoms. The quantitative estimate of drug-likeness (QED) is 0.232. The first kappa shape index (κ1) is 32.7. The lowest BCUT2D eigenvalue weighted by molar-refractivity contribution is -0.135. The monoisotopic (exact) mass is 726 g/mol. The predicted molar refractivity (Wildman–Crippen MR) is 197 cm³/mol. The van der Waals surface area contributed by atoms with Gasteiger partial charge >= 0.3 is 0 Å². The van der Waals surface area contributed by atoms with Crippen LogP contribution in [-0.4, -0.2) is 85.1 Å². The van der Waals surface area contributed by atoms with Crippen LogP contribution in [0, 0.1) is 17.2 Å². The van der Waals surface area contributed by atoms with Crippen molar-refractivity contribution in [3.05, 3.63) is 78.0 Å². The Morgan fingerprint density at radius 2 is 1.91 bits per heavy atom. The van der Waals surface area contributed by atoms with Crippen molar-refractivity contribution < 1.29 is 14.4 Å². The van der Waals surface area contributed by atoms with E-state index in [1.807, 2.05) is 48.5 Å². The molecule has 9 heterocycles. The molecule has 266 valence electrons. The molecular weight excluding hydrogens is 693 g/mol. The number of hydrogen-bond acceptors (Lipinski definition) is 13. The molecule has 15 nitrogen and oxygen atoms in total. The lowest BCUT2D eigenvalue weighted by atomic mass is 9.91. The maximum Gasteiger partial charge on any atom is 0.234 e. The standard InChI is InChI=1S/C37H34N12O3S/c1-39-29-14-30(31-5-3-24-12-21(15-38)16-42-49(24)31)40-18-28(29)35-44-45-37(53-35)48-20-25-13-26(48)19-47(25)36(52)22-8-10-46(11-9-22)32-6-2-23(17-41-32)27-4-7-33(50)43-34(27)51/h2-3,5-6,12,14,16-19,22,25,27H,4,7-11,13,20H2,1H3,(H,39,40)(H,43,50,51)/t25?,27-/m1/s1. The highest BCUT2D eigenvalue weighted by Gasteiger charge is 2.43. The molecule has 2 N–H and O–H groups in total. The minimum Gasteiger partial charge on any atom is -0.387 e. The van der Waals surface area contributed by atoms with Crippen LogP contribution in [0.15, 0.2) is 66.9 Å². The first-order chi connectivity index (χ1) is 25.9. The first-order valence-electron chi connectivity index (χ1n) is 17.6. The van der Waals surface area contributed by atoms with Gasteiger partial charge in [-0.25, -0.2) is 9.50 Å². The molecule has 0 saturated carbocycles. The maximum atomic E-state index is 13.7. The molecule has 3 fully saturated rings. The molecule has 1 unspecified atom stereocenters. The van der Waals surface area contributed by atoms with Gasteiger partial charge in [-0.2, -0.15) is 10.4 Å². The van der Waals surface area contributed by atoms with Gasteiger partial charge in [0.25, 0.3) is 0 Å². The number of piperidine rings is 2. The van der Waals surface area contributed by atoms with Gasteiger partial charge in [0.1, 0.15) is 11.9 Å². The van der Waals surface area contributed by atoms with Gasteiger partial charge in [0.15, 0.2) is 5.01 Å². The highest BCUT2D eigenvalue weighted by Crippen LogP contribution is 2.42. The molecule has 5 aromatic rings. The van der Waals surface area contributed by atoms with Gasteiger partial charge in [0, 0.05) is 75.4 Å². The molecule has 2 bridgehead atoms. The zero-order chi connectivity index (χ0) is 36.2. The summed E-state index contributed by atoms with van der Waals surface area (Å²) < 4.78 is 1.77. The summed E-state index contributed by atoms with van der Waals surface area (Å²) in [4.78, 5) is 53.2. The van der Waals surface area contributed by atoms with E-state index >= 15 is 0 Å². The number of amides is 3. The normalized spacial score (nSPS) is 20.2. The number of nitriles is 1. The van der Waals surface area contributed by atoms with Gasteiger partial charge in [-0.05, 0) is 55.2 Å². The van der Waals surface area contributed by atoms with Crippen molar-refractivity contribution in [1.29, 1.82) is 5.26 Å². The van der Waals surface area contributed by atoms with Gasteiger partial charge < -0.3 is 20.0 Å². The minimum absolute atomic E-state index is 0.0576. The smallest absolute Gasteiger partial charge is 0.234 e. The summed E-state index contributed by atoms with van der Waals surface area (Å²) in [6.45, 7) is 2.12. The second kappa shape index (κ2) is 13.1. The Labute approximate surface area is 308 Å². The average molecular weight is 727 g/mol. The van der Waals surface area contributed by atoms with Crippen LogP contribution >= 0.6 is 11.3 Å². The summed E-state index contributed by atoms with van der Waals surface area (Å²) in [6.07, 6.45) is 10.2. The predicted octanol–water partition coefficient (Wildman–Crippen LogP) is 3.92. The highest BCUT2D eigenvalue weighted by molar-refractivity contribution is 7.18. The molecule has 0 aromatic carbocycles. The van der Waals surface area contributed by atoms with E-state index in [1.165, 1.54) is 11.3 Å². The number of imide groups is 1. The number of nitrogens with zero attached hydrogens (tertiary/aromatic N) is 10. The van der Waals surface area contributed by atoms with E-state index in [2.05, 4.69) is 46.8 Å². The molecular formula is C37H34N12O3S. The molecule has 3 saturated heterocycles. The Kier molecular flexibility index (Phi) is 8.07. The molecule has 4 aliphatic rings. The second-order valence-electron chi connectivity index (χ2n) is 13.7. The number of nitrogens with one attached hydrogen (secondary N) is 2. The van der Waals surface area contributed by atoms with Crippen LogP contribution in [-0.2, 0) is 14.4 Å². The Hall–Kier alpha value is -6.21. The third-order valence-corrected chi connectivity index (χ3v) is 11.6. The summed E-state index contributed by atoms with van der Waals surface area (Å²) in [5, 5.41) is 29.9. The lowest BCUT2D eigenvalue weighted by Gasteiger charge is -2.36. The summed E-state index contributed by atoms with van der Waals surface area (Å²) in [6, 6.07) is 13.6. The Balaban J connectivity index is 0.836. The Bertz CT molecular complexity index is 2350. The number of carbonyl (C=O) groups is 3. The summed E-state index contributed by atoms with van der Waals surface area (Å²) in [5.74, 6) is 0.0967. The maximum absolute atomic E-state index is 13.7. The summed E-state index contributed by atoms with van der Waals surface area (Å²) >= 11 is 1.49. The third-order valence-electron chi connectivity index (χ3n) is 10.6. The van der Waals surface area contributed by atoms with Crippen molar-refractivity contribution in [3.8, 4) is 28.0 Å². The van der Waals surface area contributed by atoms with Crippen molar-refractivity contribution in [3.63, 3.8) is 0 Å². The fourth-order valence-electron chi connectivity index (χ4n) is 7.79. The number of fused-ring (bicyclic) bond motifs is 3. The fourth-order valence-corrected chi connectivity index (χ4v) is 8.70. The van der Waals surface area contributed by atoms with E-state index in [1.54, 1.807) is 29.2 Å². The van der Waals surface area contributed by atoms with Gasteiger partial charge in [-0.3, -0.25) is 24.7 Å². The zero-order valence-corrected chi connectivity index (χ0v) is 29.6. The third kappa shape index (κ3) is 5.82. The van der Waals surface area contributed by atoms with Crippen molar-refractivity contribution in [2.75, 3.05) is 41.8 Å². The van der Waals surface area contributed by atoms with E-state index in [-0.39, 0.29) is 35.6 Å². The van der Waals surface area contributed by atoms with Crippen LogP contribution in [0.5, 0.6) is 0 Å². The minimum atomic E-state index is -0.355. The SMILES string of the molecule is CNc1cc(-c2ccc3cc(C#N)cnn23)ncc1-c1nnc(N2CC3CC2=CN3C(=O)C2CCN(c3ccc([C@H]4CCC(=O)NC4=O)cn3)CC2)s1. The van der Waals surface area contributed by atoms with E-state index in [0.29, 0.717) is 24.9 Å². The van der Waals surface area contributed by atoms with Crippen molar-refractivity contribution >= 4 is 51.2 Å². The van der Waals surface area contributed by atoms with Gasteiger partial charge in [-0.15, -0.1) is 10.2 Å². The molecule has 3 amide bonds. The van der Waals surface area contributed by atoms with Crippen LogP contribution in [0.25, 0.3) is 27.5 Å². The van der Waals surface area contributed by atoms with E-state index in [4.69, 9.17) is 4.98 Å². The summed E-state index contributed by atoms with van der Waals surface area (Å²) in [5.41, 5.74) is 6.42. The van der Waals surface area contributed by atoms with Gasteiger partial charge in [-0.1, -0.05) is 17.4 Å². The van der Waals surface area contributed by atoms with E-state index in [0.717, 1.165) is 87.7 Å². The topological polar surface area (TPSA) is 178 Å². The molecule has 0 radical (unpaired) electrons. The molecule has 0 aliphatic carbocycles. The number of anilines is 3. The molecule has 9 rings (SSSR count). The molecule has 5 aromatic heterocycles. The average Bonchev–Trinajstić information content (AvgIpc) is 4.02. The van der Waals surface area contributed by atoms with Crippen molar-refractivity contribution in [2.24, 2.45) is 5.92 Å². The van der Waals surface area contributed by atoms with Crippen LogP contribution in [0.3, 0.4) is 0 Å². The number of hydrogen-bond donors (Lipinski definition) is 2. The first-order valence-corrected chi connectivity index (χ1v) is 18.4. The zero-order valence-electron chi connectivity index (χ0n) is 28.8. The Morgan fingerprint density at radius 1 is 1.04 bits per heavy atom. The van der Waals surface area contributed by atoms with Crippen molar-refractivity contribution in [2.45, 2.75) is 44.1 Å². The Morgan fingerprint density at radius 3 is 2.64 bits per heavy atom. The number of rotatable bonds is 7. The number of carbonyl (C=O) groups excluding carboxylic acids is 3. The van der Waals surface area contributed by atoms with Crippen LogP contribution in [0.2, 0.25) is 0 Å². The van der Waals surface area contributed by atoms with Crippen molar-refractivity contribution in [1.82, 2.24) is 40.0 Å². The van der Waals surface area contributed by atoms with E-state index in [9.17, 15) is 19.6 Å².